The molecule has 1 N–H and O–H groups in total. The SMILES string of the molecule is Cc1nnc(S[C@H](C)C(=O)Nc2c(F)cccc2F)n1C. The van der Waals surface area contributed by atoms with Gasteiger partial charge in [0.1, 0.15) is 23.1 Å². The Kier molecular flexibility index (Phi) is 4.56. The van der Waals surface area contributed by atoms with E-state index >= 15 is 0 Å². The molecule has 5 nitrogen and oxygen atoms in total. The van der Waals surface area contributed by atoms with Crippen LogP contribution in [0.3, 0.4) is 0 Å². The maximum absolute atomic E-state index is 13.5. The van der Waals surface area contributed by atoms with Crippen molar-refractivity contribution in [2.45, 2.75) is 24.3 Å². The zero-order valence-electron chi connectivity index (χ0n) is 11.7. The van der Waals surface area contributed by atoms with Crippen molar-refractivity contribution in [2.75, 3.05) is 5.32 Å². The molecule has 1 aromatic heterocycles. The Morgan fingerprint density at radius 2 is 1.95 bits per heavy atom. The average Bonchev–Trinajstić information content (AvgIpc) is 2.75. The van der Waals surface area contributed by atoms with Gasteiger partial charge in [-0.1, -0.05) is 17.8 Å². The first-order valence-corrected chi connectivity index (χ1v) is 7.05. The predicted molar refractivity (Wildman–Crippen MR) is 76.0 cm³/mol. The summed E-state index contributed by atoms with van der Waals surface area (Å²) < 4.78 is 28.7. The molecule has 1 heterocycles. The second kappa shape index (κ2) is 6.21. The van der Waals surface area contributed by atoms with E-state index < -0.39 is 28.5 Å². The van der Waals surface area contributed by atoms with E-state index in [0.717, 1.165) is 23.9 Å². The minimum absolute atomic E-state index is 0.441. The summed E-state index contributed by atoms with van der Waals surface area (Å²) in [5.41, 5.74) is -0.441. The number of nitrogens with one attached hydrogen (secondary N) is 1. The number of anilines is 1. The van der Waals surface area contributed by atoms with Gasteiger partial charge < -0.3 is 9.88 Å². The Bertz CT molecular complexity index is 654. The van der Waals surface area contributed by atoms with E-state index in [9.17, 15) is 13.6 Å². The molecule has 0 bridgehead atoms. The number of hydrogen-bond acceptors (Lipinski definition) is 4. The summed E-state index contributed by atoms with van der Waals surface area (Å²) in [4.78, 5) is 12.0. The van der Waals surface area contributed by atoms with Crippen molar-refractivity contribution in [1.29, 1.82) is 0 Å². The van der Waals surface area contributed by atoms with Crippen LogP contribution in [-0.2, 0) is 11.8 Å². The average molecular weight is 312 g/mol. The van der Waals surface area contributed by atoms with Crippen molar-refractivity contribution >= 4 is 23.4 Å². The van der Waals surface area contributed by atoms with E-state index in [4.69, 9.17) is 0 Å². The van der Waals surface area contributed by atoms with Crippen LogP contribution in [0.5, 0.6) is 0 Å². The lowest BCUT2D eigenvalue weighted by Crippen LogP contribution is -2.24. The van der Waals surface area contributed by atoms with Gasteiger partial charge in [-0.15, -0.1) is 10.2 Å². The minimum atomic E-state index is -0.810. The fourth-order valence-electron chi connectivity index (χ4n) is 1.54. The Balaban J connectivity index is 2.08. The van der Waals surface area contributed by atoms with E-state index in [1.165, 1.54) is 6.07 Å². The number of hydrogen-bond donors (Lipinski definition) is 1. The summed E-state index contributed by atoms with van der Waals surface area (Å²) in [5, 5.41) is 10.0. The van der Waals surface area contributed by atoms with Gasteiger partial charge in [-0.25, -0.2) is 8.78 Å². The van der Waals surface area contributed by atoms with Crippen molar-refractivity contribution in [2.24, 2.45) is 7.05 Å². The van der Waals surface area contributed by atoms with Gasteiger partial charge >= 0.3 is 0 Å². The first kappa shape index (κ1) is 15.4. The molecule has 0 saturated heterocycles. The Hall–Kier alpha value is -1.96. The lowest BCUT2D eigenvalue weighted by molar-refractivity contribution is -0.115. The number of carbonyl (C=O) groups excluding carboxylic acids is 1. The lowest BCUT2D eigenvalue weighted by atomic mass is 10.3. The summed E-state index contributed by atoms with van der Waals surface area (Å²) >= 11 is 1.16. The number of para-hydroxylation sites is 1. The van der Waals surface area contributed by atoms with Crippen LogP contribution in [0.1, 0.15) is 12.7 Å². The molecular weight excluding hydrogens is 298 g/mol. The molecule has 0 aliphatic rings. The highest BCUT2D eigenvalue weighted by atomic mass is 32.2. The second-order valence-corrected chi connectivity index (χ2v) is 5.74. The first-order valence-electron chi connectivity index (χ1n) is 6.17. The summed E-state index contributed by atoms with van der Waals surface area (Å²) in [5.74, 6) is -1.42. The van der Waals surface area contributed by atoms with Crippen LogP contribution in [0.2, 0.25) is 0 Å². The molecule has 0 aliphatic carbocycles. The number of nitrogens with zero attached hydrogens (tertiary/aromatic N) is 3. The normalized spacial score (nSPS) is 12.2. The van der Waals surface area contributed by atoms with Gasteiger partial charge in [-0.3, -0.25) is 4.79 Å². The van der Waals surface area contributed by atoms with Crippen LogP contribution in [0.15, 0.2) is 23.4 Å². The van der Waals surface area contributed by atoms with E-state index in [-0.39, 0.29) is 0 Å². The number of aromatic nitrogens is 3. The molecule has 8 heteroatoms. The van der Waals surface area contributed by atoms with Crippen LogP contribution in [-0.4, -0.2) is 25.9 Å². The highest BCUT2D eigenvalue weighted by Gasteiger charge is 2.20. The number of halogens is 2. The van der Waals surface area contributed by atoms with Gasteiger partial charge in [0.2, 0.25) is 5.91 Å². The minimum Gasteiger partial charge on any atom is -0.320 e. The zero-order chi connectivity index (χ0) is 15.6. The van der Waals surface area contributed by atoms with Gasteiger partial charge in [-0.2, -0.15) is 0 Å². The topological polar surface area (TPSA) is 59.8 Å². The monoisotopic (exact) mass is 312 g/mol. The molecule has 0 unspecified atom stereocenters. The molecule has 0 spiro atoms. The fraction of sp³-hybridized carbons (Fsp3) is 0.308. The van der Waals surface area contributed by atoms with Gasteiger partial charge in [0.25, 0.3) is 0 Å². The van der Waals surface area contributed by atoms with Gasteiger partial charge in [0.15, 0.2) is 5.16 Å². The van der Waals surface area contributed by atoms with Crippen LogP contribution in [0.25, 0.3) is 0 Å². The molecule has 0 fully saturated rings. The number of rotatable bonds is 4. The third-order valence-electron chi connectivity index (χ3n) is 2.91. The molecule has 1 atom stereocenters. The number of amides is 1. The molecule has 0 saturated carbocycles. The standard InChI is InChI=1S/C13H14F2N4OS/c1-7(21-13-18-17-8(2)19(13)3)12(20)16-11-9(14)5-4-6-10(11)15/h4-7H,1-3H3,(H,16,20)/t7-/m1/s1. The van der Waals surface area contributed by atoms with Crippen LogP contribution >= 0.6 is 11.8 Å². The fourth-order valence-corrected chi connectivity index (χ4v) is 2.40. The highest BCUT2D eigenvalue weighted by molar-refractivity contribution is 8.00. The molecule has 1 aromatic carbocycles. The maximum atomic E-state index is 13.5. The molecule has 1 amide bonds. The number of carbonyl (C=O) groups is 1. The summed E-state index contributed by atoms with van der Waals surface area (Å²) in [6, 6.07) is 3.41. The van der Waals surface area contributed by atoms with E-state index in [0.29, 0.717) is 11.0 Å². The third kappa shape index (κ3) is 3.38. The zero-order valence-corrected chi connectivity index (χ0v) is 12.5. The van der Waals surface area contributed by atoms with E-state index in [2.05, 4.69) is 15.5 Å². The Morgan fingerprint density at radius 3 is 2.48 bits per heavy atom. The number of benzene rings is 1. The lowest BCUT2D eigenvalue weighted by Gasteiger charge is -2.12. The summed E-state index contributed by atoms with van der Waals surface area (Å²) in [6.07, 6.45) is 0. The first-order chi connectivity index (χ1) is 9.90. The summed E-state index contributed by atoms with van der Waals surface area (Å²) in [6.45, 7) is 3.42. The van der Waals surface area contributed by atoms with Crippen LogP contribution in [0.4, 0.5) is 14.5 Å². The van der Waals surface area contributed by atoms with Gasteiger partial charge in [-0.05, 0) is 26.0 Å². The van der Waals surface area contributed by atoms with E-state index in [1.54, 1.807) is 25.5 Å². The molecule has 21 heavy (non-hydrogen) atoms. The van der Waals surface area contributed by atoms with Gasteiger partial charge in [0.05, 0.1) is 5.25 Å². The van der Waals surface area contributed by atoms with Crippen molar-refractivity contribution in [3.63, 3.8) is 0 Å². The smallest absolute Gasteiger partial charge is 0.237 e. The van der Waals surface area contributed by atoms with E-state index in [1.807, 2.05) is 0 Å². The number of thioether (sulfide) groups is 1. The van der Waals surface area contributed by atoms with Crippen molar-refractivity contribution < 1.29 is 13.6 Å². The predicted octanol–water partition coefficient (Wildman–Crippen LogP) is 2.52. The van der Waals surface area contributed by atoms with Crippen LogP contribution in [0, 0.1) is 18.6 Å². The molecule has 2 aromatic rings. The summed E-state index contributed by atoms with van der Waals surface area (Å²) in [7, 11) is 1.78. The van der Waals surface area contributed by atoms with Gasteiger partial charge in [0, 0.05) is 7.05 Å². The largest absolute Gasteiger partial charge is 0.320 e. The van der Waals surface area contributed by atoms with Crippen molar-refractivity contribution in [1.82, 2.24) is 14.8 Å². The van der Waals surface area contributed by atoms with Crippen molar-refractivity contribution in [3.8, 4) is 0 Å². The highest BCUT2D eigenvalue weighted by Crippen LogP contribution is 2.24. The number of aryl methyl sites for hydroxylation is 1. The quantitative estimate of drug-likeness (QED) is 0.881. The van der Waals surface area contributed by atoms with Crippen LogP contribution < -0.4 is 5.32 Å². The molecular formula is C13H14F2N4OS. The molecule has 0 aliphatic heterocycles. The molecule has 2 rings (SSSR count). The molecule has 112 valence electrons. The Labute approximate surface area is 124 Å². The maximum Gasteiger partial charge on any atom is 0.237 e. The van der Waals surface area contributed by atoms with Crippen molar-refractivity contribution in [3.05, 3.63) is 35.7 Å². The third-order valence-corrected chi connectivity index (χ3v) is 4.05. The second-order valence-electron chi connectivity index (χ2n) is 4.43. The Morgan fingerprint density at radius 1 is 1.33 bits per heavy atom. The molecule has 0 radical (unpaired) electrons.